The molecule has 1 aromatic carbocycles. The van der Waals surface area contributed by atoms with E-state index in [0.717, 1.165) is 18.2 Å². The molecule has 0 fully saturated rings. The normalized spacial score (nSPS) is 12.9. The lowest BCUT2D eigenvalue weighted by atomic mass is 10.1. The van der Waals surface area contributed by atoms with Crippen molar-refractivity contribution in [3.05, 3.63) is 29.6 Å². The summed E-state index contributed by atoms with van der Waals surface area (Å²) in [6.45, 7) is 1.53. The summed E-state index contributed by atoms with van der Waals surface area (Å²) in [4.78, 5) is 22.4. The van der Waals surface area contributed by atoms with E-state index in [1.165, 1.54) is 12.2 Å². The van der Waals surface area contributed by atoms with Crippen molar-refractivity contribution < 1.29 is 31.5 Å². The van der Waals surface area contributed by atoms with Gasteiger partial charge in [-0.25, -0.2) is 8.78 Å². The number of anilines is 1. The van der Waals surface area contributed by atoms with E-state index in [0.29, 0.717) is 0 Å². The average molecular weight is 295 g/mol. The fourth-order valence-electron chi connectivity index (χ4n) is 1.34. The number of rotatable bonds is 4. The highest BCUT2D eigenvalue weighted by atomic mass is 19.4. The van der Waals surface area contributed by atoms with E-state index >= 15 is 0 Å². The van der Waals surface area contributed by atoms with E-state index in [1.807, 2.05) is 0 Å². The molecule has 0 spiro atoms. The Morgan fingerprint density at radius 3 is 2.40 bits per heavy atom. The molecule has 0 radical (unpaired) electrons. The monoisotopic (exact) mass is 295 g/mol. The van der Waals surface area contributed by atoms with Crippen molar-refractivity contribution >= 4 is 17.4 Å². The maximum Gasteiger partial charge on any atom is 0.428 e. The summed E-state index contributed by atoms with van der Waals surface area (Å²) >= 11 is 0. The Hall–Kier alpha value is -1.99. The molecule has 1 unspecified atom stereocenters. The van der Waals surface area contributed by atoms with E-state index in [-0.39, 0.29) is 12.0 Å². The van der Waals surface area contributed by atoms with Crippen molar-refractivity contribution in [1.82, 2.24) is 0 Å². The highest BCUT2D eigenvalue weighted by molar-refractivity contribution is 5.99. The van der Waals surface area contributed by atoms with Crippen LogP contribution in [0.15, 0.2) is 18.2 Å². The number of nitrogens with one attached hydrogen (secondary N) is 1. The van der Waals surface area contributed by atoms with Crippen molar-refractivity contribution in [2.45, 2.75) is 25.7 Å². The molecule has 1 atom stereocenters. The van der Waals surface area contributed by atoms with E-state index in [9.17, 15) is 31.5 Å². The van der Waals surface area contributed by atoms with Gasteiger partial charge in [0.2, 0.25) is 0 Å². The van der Waals surface area contributed by atoms with Crippen LogP contribution in [-0.4, -0.2) is 24.0 Å². The molecule has 8 heteroatoms. The smallest absolute Gasteiger partial charge is 0.321 e. The van der Waals surface area contributed by atoms with Crippen LogP contribution in [0.4, 0.5) is 27.6 Å². The zero-order valence-electron chi connectivity index (χ0n) is 10.2. The molecule has 0 aliphatic carbocycles. The molecule has 0 heterocycles. The molecular formula is C12H10F5NO2. The first-order chi connectivity index (χ1) is 9.16. The minimum absolute atomic E-state index is 0.00613. The summed E-state index contributed by atoms with van der Waals surface area (Å²) in [7, 11) is 0. The third kappa shape index (κ3) is 3.75. The van der Waals surface area contributed by atoms with Gasteiger partial charge in [0.05, 0.1) is 5.69 Å². The molecule has 3 nitrogen and oxygen atoms in total. The fraction of sp³-hybridized carbons (Fsp3) is 0.333. The Kier molecular flexibility index (Phi) is 4.80. The van der Waals surface area contributed by atoms with Crippen molar-refractivity contribution in [1.29, 1.82) is 0 Å². The third-order valence-corrected chi connectivity index (χ3v) is 2.38. The van der Waals surface area contributed by atoms with Gasteiger partial charge in [0, 0.05) is 12.0 Å². The number of halogens is 5. The van der Waals surface area contributed by atoms with Gasteiger partial charge in [-0.1, -0.05) is 6.92 Å². The molecule has 0 bridgehead atoms. The minimum Gasteiger partial charge on any atom is -0.321 e. The number of benzene rings is 1. The van der Waals surface area contributed by atoms with Crippen LogP contribution in [0.3, 0.4) is 0 Å². The molecular weight excluding hydrogens is 285 g/mol. The average Bonchev–Trinajstić information content (AvgIpc) is 2.38. The first-order valence-corrected chi connectivity index (χ1v) is 5.51. The Morgan fingerprint density at radius 1 is 1.30 bits per heavy atom. The molecule has 0 aromatic heterocycles. The molecule has 1 aromatic rings. The van der Waals surface area contributed by atoms with Crippen LogP contribution in [0, 0.1) is 5.82 Å². The molecule has 110 valence electrons. The number of alkyl halides is 4. The maximum absolute atomic E-state index is 13.3. The van der Waals surface area contributed by atoms with Crippen molar-refractivity contribution in [3.63, 3.8) is 0 Å². The zero-order valence-corrected chi connectivity index (χ0v) is 10.2. The second kappa shape index (κ2) is 5.98. The van der Waals surface area contributed by atoms with Crippen LogP contribution in [0.25, 0.3) is 0 Å². The van der Waals surface area contributed by atoms with Crippen molar-refractivity contribution in [3.8, 4) is 0 Å². The summed E-state index contributed by atoms with van der Waals surface area (Å²) < 4.78 is 62.0. The summed E-state index contributed by atoms with van der Waals surface area (Å²) in [5.74, 6) is -3.51. The summed E-state index contributed by atoms with van der Waals surface area (Å²) in [6, 6.07) is 2.79. The number of hydrogen-bond acceptors (Lipinski definition) is 2. The van der Waals surface area contributed by atoms with Gasteiger partial charge >= 0.3 is 6.18 Å². The second-order valence-electron chi connectivity index (χ2n) is 3.86. The number of carbonyl (C=O) groups is 2. The van der Waals surface area contributed by atoms with Crippen molar-refractivity contribution in [2.24, 2.45) is 0 Å². The lowest BCUT2D eigenvalue weighted by Crippen LogP contribution is -2.37. The van der Waals surface area contributed by atoms with Gasteiger partial charge in [-0.15, -0.1) is 0 Å². The first kappa shape index (κ1) is 16.1. The Labute approximate surface area is 110 Å². The first-order valence-electron chi connectivity index (χ1n) is 5.51. The highest BCUT2D eigenvalue weighted by Crippen LogP contribution is 2.25. The van der Waals surface area contributed by atoms with Gasteiger partial charge in [0.25, 0.3) is 12.1 Å². The van der Waals surface area contributed by atoms with Gasteiger partial charge in [0.15, 0.2) is 5.78 Å². The number of carbonyl (C=O) groups excluding carboxylic acids is 2. The molecule has 0 saturated carbocycles. The molecule has 1 amide bonds. The van der Waals surface area contributed by atoms with Crippen LogP contribution in [-0.2, 0) is 4.79 Å². The largest absolute Gasteiger partial charge is 0.428 e. The standard InChI is InChI=1S/C12H10F5NO2/c1-2-9(19)6-3-4-7(13)8(5-6)18-11(20)10(14)12(15,16)17/h3-5,10H,2H2,1H3,(H,18,20). The predicted octanol–water partition coefficient (Wildman–Crippen LogP) is 3.26. The fourth-order valence-corrected chi connectivity index (χ4v) is 1.34. The van der Waals surface area contributed by atoms with Crippen LogP contribution in [0.5, 0.6) is 0 Å². The number of hydrogen-bond donors (Lipinski definition) is 1. The second-order valence-corrected chi connectivity index (χ2v) is 3.86. The van der Waals surface area contributed by atoms with E-state index in [4.69, 9.17) is 0 Å². The van der Waals surface area contributed by atoms with Crippen LogP contribution >= 0.6 is 0 Å². The Morgan fingerprint density at radius 2 is 1.90 bits per heavy atom. The molecule has 1 N–H and O–H groups in total. The lowest BCUT2D eigenvalue weighted by molar-refractivity contribution is -0.183. The molecule has 0 aliphatic rings. The maximum atomic E-state index is 13.3. The Bertz CT molecular complexity index is 527. The van der Waals surface area contributed by atoms with Crippen LogP contribution < -0.4 is 5.32 Å². The molecule has 0 aliphatic heterocycles. The summed E-state index contributed by atoms with van der Waals surface area (Å²) in [6.07, 6.45) is -9.06. The van der Waals surface area contributed by atoms with Crippen LogP contribution in [0.2, 0.25) is 0 Å². The number of amides is 1. The predicted molar refractivity (Wildman–Crippen MR) is 60.6 cm³/mol. The quantitative estimate of drug-likeness (QED) is 0.684. The van der Waals surface area contributed by atoms with E-state index in [1.54, 1.807) is 0 Å². The topological polar surface area (TPSA) is 46.2 Å². The van der Waals surface area contributed by atoms with E-state index in [2.05, 4.69) is 0 Å². The zero-order chi connectivity index (χ0) is 15.5. The number of ketones is 1. The molecule has 1 rings (SSSR count). The summed E-state index contributed by atoms with van der Waals surface area (Å²) in [5.41, 5.74) is -0.673. The van der Waals surface area contributed by atoms with Crippen LogP contribution in [0.1, 0.15) is 23.7 Å². The van der Waals surface area contributed by atoms with Gasteiger partial charge in [0.1, 0.15) is 5.82 Å². The van der Waals surface area contributed by atoms with Crippen molar-refractivity contribution in [2.75, 3.05) is 5.32 Å². The van der Waals surface area contributed by atoms with Gasteiger partial charge < -0.3 is 5.32 Å². The van der Waals surface area contributed by atoms with E-state index < -0.39 is 35.5 Å². The third-order valence-electron chi connectivity index (χ3n) is 2.38. The molecule has 0 saturated heterocycles. The minimum atomic E-state index is -5.38. The van der Waals surface area contributed by atoms with Gasteiger partial charge in [-0.2, -0.15) is 13.2 Å². The van der Waals surface area contributed by atoms with Gasteiger partial charge in [-0.3, -0.25) is 9.59 Å². The van der Waals surface area contributed by atoms with Gasteiger partial charge in [-0.05, 0) is 18.2 Å². The Balaban J connectivity index is 2.97. The summed E-state index contributed by atoms with van der Waals surface area (Å²) in [5, 5.41) is 1.47. The lowest BCUT2D eigenvalue weighted by Gasteiger charge is -2.13. The number of Topliss-reactive ketones (excluding diaryl/α,β-unsaturated/α-hetero) is 1. The SMILES string of the molecule is CCC(=O)c1ccc(F)c(NC(=O)C(F)C(F)(F)F)c1. The molecule has 20 heavy (non-hydrogen) atoms. The highest BCUT2D eigenvalue weighted by Gasteiger charge is 2.45.